The molecule has 1 N–H and O–H groups in total. The largest absolute Gasteiger partial charge is 0.490 e. The minimum Gasteiger partial charge on any atom is -0.490 e. The van der Waals surface area contributed by atoms with Crippen molar-refractivity contribution in [3.63, 3.8) is 0 Å². The molecular formula is C20H24N2O3. The first kappa shape index (κ1) is 18.5. The van der Waals surface area contributed by atoms with Crippen molar-refractivity contribution in [2.24, 2.45) is 0 Å². The second kappa shape index (κ2) is 9.47. The lowest BCUT2D eigenvalue weighted by Crippen LogP contribution is -2.34. The number of pyridine rings is 1. The lowest BCUT2D eigenvalue weighted by atomic mass is 10.1. The molecule has 132 valence electrons. The molecular weight excluding hydrogens is 316 g/mol. The van der Waals surface area contributed by atoms with Crippen molar-refractivity contribution in [3.8, 4) is 11.5 Å². The van der Waals surface area contributed by atoms with Gasteiger partial charge in [-0.2, -0.15) is 0 Å². The van der Waals surface area contributed by atoms with E-state index < -0.39 is 0 Å². The zero-order valence-electron chi connectivity index (χ0n) is 14.7. The molecule has 0 saturated carbocycles. The van der Waals surface area contributed by atoms with Gasteiger partial charge in [0.1, 0.15) is 6.61 Å². The quantitative estimate of drug-likeness (QED) is 0.711. The molecule has 0 aliphatic heterocycles. The van der Waals surface area contributed by atoms with Gasteiger partial charge in [0.05, 0.1) is 6.61 Å². The third-order valence-electron chi connectivity index (χ3n) is 3.53. The number of nitrogens with zero attached hydrogens (tertiary/aromatic N) is 1. The summed E-state index contributed by atoms with van der Waals surface area (Å²) < 4.78 is 11.1. The molecule has 0 radical (unpaired) electrons. The fourth-order valence-electron chi connectivity index (χ4n) is 2.42. The number of aromatic nitrogens is 1. The molecule has 0 aliphatic carbocycles. The first-order valence-corrected chi connectivity index (χ1v) is 8.34. The molecule has 0 aliphatic rings. The number of carbonyl (C=O) groups is 1. The fourth-order valence-corrected chi connectivity index (χ4v) is 2.42. The van der Waals surface area contributed by atoms with Crippen molar-refractivity contribution >= 4 is 5.91 Å². The lowest BCUT2D eigenvalue weighted by molar-refractivity contribution is 0.0939. The van der Waals surface area contributed by atoms with Crippen LogP contribution in [0.2, 0.25) is 0 Å². The summed E-state index contributed by atoms with van der Waals surface area (Å²) in [6, 6.07) is 9.08. The highest BCUT2D eigenvalue weighted by Gasteiger charge is 2.14. The SMILES string of the molecule is C=CCOc1ccc(C(=O)N[C@@H](C)Cc2ccncc2)cc1OCC. The Morgan fingerprint density at radius 1 is 1.24 bits per heavy atom. The van der Waals surface area contributed by atoms with Crippen LogP contribution in [0.3, 0.4) is 0 Å². The standard InChI is InChI=1S/C20H24N2O3/c1-4-12-25-18-7-6-17(14-19(18)24-5-2)20(23)22-15(3)13-16-8-10-21-11-9-16/h4,6-11,14-15H,1,5,12-13H2,2-3H3,(H,22,23)/t15-/m0/s1. The average Bonchev–Trinajstić information content (AvgIpc) is 2.61. The minimum absolute atomic E-state index is 0.00198. The number of rotatable bonds is 9. The molecule has 0 unspecified atom stereocenters. The van der Waals surface area contributed by atoms with Crippen molar-refractivity contribution in [1.29, 1.82) is 0 Å². The minimum atomic E-state index is -0.141. The Morgan fingerprint density at radius 2 is 2.00 bits per heavy atom. The molecule has 1 amide bonds. The molecule has 0 fully saturated rings. The molecule has 0 spiro atoms. The number of hydrogen-bond donors (Lipinski definition) is 1. The van der Waals surface area contributed by atoms with Crippen LogP contribution in [0, 0.1) is 0 Å². The van der Waals surface area contributed by atoms with Crippen molar-refractivity contribution in [1.82, 2.24) is 10.3 Å². The van der Waals surface area contributed by atoms with E-state index in [4.69, 9.17) is 9.47 Å². The van der Waals surface area contributed by atoms with Gasteiger partial charge in [-0.25, -0.2) is 0 Å². The molecule has 1 aromatic heterocycles. The van der Waals surface area contributed by atoms with Crippen molar-refractivity contribution in [3.05, 3.63) is 66.5 Å². The van der Waals surface area contributed by atoms with Gasteiger partial charge in [-0.05, 0) is 56.2 Å². The first-order chi connectivity index (χ1) is 12.1. The summed E-state index contributed by atoms with van der Waals surface area (Å²) in [5.74, 6) is 1.01. The van der Waals surface area contributed by atoms with Gasteiger partial charge in [0, 0.05) is 24.0 Å². The Hall–Kier alpha value is -2.82. The van der Waals surface area contributed by atoms with Crippen molar-refractivity contribution in [2.75, 3.05) is 13.2 Å². The van der Waals surface area contributed by atoms with E-state index in [0.717, 1.165) is 12.0 Å². The van der Waals surface area contributed by atoms with Gasteiger partial charge in [0.2, 0.25) is 0 Å². The van der Waals surface area contributed by atoms with E-state index in [1.165, 1.54) is 0 Å². The normalized spacial score (nSPS) is 11.4. The maximum absolute atomic E-state index is 12.5. The third-order valence-corrected chi connectivity index (χ3v) is 3.53. The van der Waals surface area contributed by atoms with Gasteiger partial charge < -0.3 is 14.8 Å². The number of nitrogens with one attached hydrogen (secondary N) is 1. The molecule has 1 heterocycles. The molecule has 5 heteroatoms. The number of amides is 1. The van der Waals surface area contributed by atoms with Gasteiger partial charge in [-0.3, -0.25) is 9.78 Å². The summed E-state index contributed by atoms with van der Waals surface area (Å²) in [6.45, 7) is 8.37. The fraction of sp³-hybridized carbons (Fsp3) is 0.300. The van der Waals surface area contributed by atoms with Gasteiger partial charge in [-0.15, -0.1) is 0 Å². The van der Waals surface area contributed by atoms with E-state index >= 15 is 0 Å². The monoisotopic (exact) mass is 340 g/mol. The van der Waals surface area contributed by atoms with Crippen LogP contribution >= 0.6 is 0 Å². The van der Waals surface area contributed by atoms with E-state index in [1.54, 1.807) is 36.7 Å². The van der Waals surface area contributed by atoms with E-state index in [2.05, 4.69) is 16.9 Å². The van der Waals surface area contributed by atoms with E-state index in [0.29, 0.717) is 30.3 Å². The lowest BCUT2D eigenvalue weighted by Gasteiger charge is -2.16. The Bertz CT molecular complexity index is 701. The van der Waals surface area contributed by atoms with Gasteiger partial charge in [0.15, 0.2) is 11.5 Å². The van der Waals surface area contributed by atoms with Crippen LogP contribution in [0.25, 0.3) is 0 Å². The number of carbonyl (C=O) groups excluding carboxylic acids is 1. The highest BCUT2D eigenvalue weighted by Crippen LogP contribution is 2.28. The summed E-state index contributed by atoms with van der Waals surface area (Å²) in [5.41, 5.74) is 1.67. The van der Waals surface area contributed by atoms with Crippen LogP contribution in [0.1, 0.15) is 29.8 Å². The van der Waals surface area contributed by atoms with Crippen molar-refractivity contribution < 1.29 is 14.3 Å². The topological polar surface area (TPSA) is 60.5 Å². The maximum atomic E-state index is 12.5. The summed E-state index contributed by atoms with van der Waals surface area (Å²) in [7, 11) is 0. The average molecular weight is 340 g/mol. The van der Waals surface area contributed by atoms with E-state index in [-0.39, 0.29) is 11.9 Å². The Balaban J connectivity index is 2.04. The number of ether oxygens (including phenoxy) is 2. The first-order valence-electron chi connectivity index (χ1n) is 8.34. The van der Waals surface area contributed by atoms with Gasteiger partial charge in [-0.1, -0.05) is 12.7 Å². The highest BCUT2D eigenvalue weighted by atomic mass is 16.5. The van der Waals surface area contributed by atoms with E-state index in [1.807, 2.05) is 26.0 Å². The summed E-state index contributed by atoms with van der Waals surface area (Å²) in [6.07, 6.45) is 5.91. The zero-order valence-corrected chi connectivity index (χ0v) is 14.7. The molecule has 2 rings (SSSR count). The molecule has 0 saturated heterocycles. The summed E-state index contributed by atoms with van der Waals surface area (Å²) in [5, 5.41) is 3.00. The highest BCUT2D eigenvalue weighted by molar-refractivity contribution is 5.95. The summed E-state index contributed by atoms with van der Waals surface area (Å²) >= 11 is 0. The maximum Gasteiger partial charge on any atom is 0.251 e. The Morgan fingerprint density at radius 3 is 2.68 bits per heavy atom. The van der Waals surface area contributed by atoms with Gasteiger partial charge >= 0.3 is 0 Å². The molecule has 5 nitrogen and oxygen atoms in total. The Kier molecular flexibility index (Phi) is 7.01. The predicted octanol–water partition coefficient (Wildman–Crippen LogP) is 3.41. The van der Waals surface area contributed by atoms with E-state index in [9.17, 15) is 4.79 Å². The molecule has 1 aromatic carbocycles. The molecule has 1 atom stereocenters. The zero-order chi connectivity index (χ0) is 18.1. The molecule has 2 aromatic rings. The smallest absolute Gasteiger partial charge is 0.251 e. The molecule has 25 heavy (non-hydrogen) atoms. The van der Waals surface area contributed by atoms with Gasteiger partial charge in [0.25, 0.3) is 5.91 Å². The second-order valence-electron chi connectivity index (χ2n) is 5.63. The van der Waals surface area contributed by atoms with Crippen molar-refractivity contribution in [2.45, 2.75) is 26.3 Å². The summed E-state index contributed by atoms with van der Waals surface area (Å²) in [4.78, 5) is 16.5. The van der Waals surface area contributed by atoms with Crippen LogP contribution in [-0.4, -0.2) is 30.1 Å². The van der Waals surface area contributed by atoms with Crippen LogP contribution < -0.4 is 14.8 Å². The number of benzene rings is 1. The van der Waals surface area contributed by atoms with Crippen LogP contribution in [0.15, 0.2) is 55.4 Å². The van der Waals surface area contributed by atoms with Crippen LogP contribution in [0.4, 0.5) is 0 Å². The van der Waals surface area contributed by atoms with Crippen LogP contribution in [-0.2, 0) is 6.42 Å². The predicted molar refractivity (Wildman–Crippen MR) is 98.2 cm³/mol. The third kappa shape index (κ3) is 5.64. The van der Waals surface area contributed by atoms with Crippen LogP contribution in [0.5, 0.6) is 11.5 Å². The Labute approximate surface area is 148 Å². The molecule has 0 bridgehead atoms. The number of hydrogen-bond acceptors (Lipinski definition) is 4. The second-order valence-corrected chi connectivity index (χ2v) is 5.63.